The molecule has 0 aliphatic heterocycles. The van der Waals surface area contributed by atoms with Crippen LogP contribution in [0.1, 0.15) is 5.56 Å². The average molecular weight is 272 g/mol. The second kappa shape index (κ2) is 6.29. The largest absolute Gasteiger partial charge is 0.398 e. The zero-order valence-corrected chi connectivity index (χ0v) is 11.5. The molecule has 19 heavy (non-hydrogen) atoms. The summed E-state index contributed by atoms with van der Waals surface area (Å²) in [4.78, 5) is 12.7. The lowest BCUT2D eigenvalue weighted by Gasteiger charge is -2.07. The maximum atomic E-state index is 11.8. The van der Waals surface area contributed by atoms with Crippen LogP contribution in [-0.4, -0.2) is 11.7 Å². The normalized spacial score (nSPS) is 10.2. The molecule has 0 aliphatic rings. The monoisotopic (exact) mass is 272 g/mol. The molecule has 0 aromatic heterocycles. The first-order valence-electron chi connectivity index (χ1n) is 5.99. The molecule has 0 unspecified atom stereocenters. The number of hydrogen-bond donors (Lipinski definition) is 2. The summed E-state index contributed by atoms with van der Waals surface area (Å²) in [5, 5.41) is 2.86. The average Bonchev–Trinajstić information content (AvgIpc) is 2.40. The van der Waals surface area contributed by atoms with E-state index in [9.17, 15) is 4.79 Å². The van der Waals surface area contributed by atoms with Gasteiger partial charge in [0.25, 0.3) is 0 Å². The number of hydrogen-bond acceptors (Lipinski definition) is 3. The molecule has 98 valence electrons. The van der Waals surface area contributed by atoms with Gasteiger partial charge in [0.2, 0.25) is 5.91 Å². The van der Waals surface area contributed by atoms with Gasteiger partial charge >= 0.3 is 0 Å². The first-order valence-corrected chi connectivity index (χ1v) is 6.97. The van der Waals surface area contributed by atoms with Crippen molar-refractivity contribution in [2.75, 3.05) is 16.8 Å². The van der Waals surface area contributed by atoms with Crippen LogP contribution in [0.15, 0.2) is 53.4 Å². The van der Waals surface area contributed by atoms with Crippen molar-refractivity contribution >= 4 is 29.0 Å². The predicted molar refractivity (Wildman–Crippen MR) is 81.4 cm³/mol. The molecule has 0 fully saturated rings. The van der Waals surface area contributed by atoms with E-state index in [2.05, 4.69) is 5.32 Å². The van der Waals surface area contributed by atoms with Crippen LogP contribution in [0, 0.1) is 6.92 Å². The molecular weight excluding hydrogens is 256 g/mol. The first kappa shape index (κ1) is 13.5. The highest BCUT2D eigenvalue weighted by molar-refractivity contribution is 8.00. The third kappa shape index (κ3) is 4.03. The van der Waals surface area contributed by atoms with E-state index in [-0.39, 0.29) is 5.91 Å². The van der Waals surface area contributed by atoms with Crippen molar-refractivity contribution in [1.29, 1.82) is 0 Å². The molecular formula is C15H16N2OS. The van der Waals surface area contributed by atoms with Gasteiger partial charge in [-0.15, -0.1) is 11.8 Å². The molecule has 0 aliphatic carbocycles. The first-order chi connectivity index (χ1) is 9.15. The van der Waals surface area contributed by atoms with Crippen LogP contribution in [0.25, 0.3) is 0 Å². The number of aryl methyl sites for hydroxylation is 1. The quantitative estimate of drug-likeness (QED) is 0.663. The Hall–Kier alpha value is -1.94. The number of anilines is 2. The highest BCUT2D eigenvalue weighted by atomic mass is 32.2. The highest BCUT2D eigenvalue weighted by Crippen LogP contribution is 2.24. The van der Waals surface area contributed by atoms with Gasteiger partial charge in [0.1, 0.15) is 0 Å². The van der Waals surface area contributed by atoms with E-state index in [0.29, 0.717) is 11.4 Å². The van der Waals surface area contributed by atoms with E-state index in [1.165, 1.54) is 17.3 Å². The van der Waals surface area contributed by atoms with Crippen molar-refractivity contribution < 1.29 is 4.79 Å². The van der Waals surface area contributed by atoms with Gasteiger partial charge in [-0.1, -0.05) is 29.8 Å². The zero-order chi connectivity index (χ0) is 13.7. The molecule has 3 nitrogen and oxygen atoms in total. The Bertz CT molecular complexity index is 567. The summed E-state index contributed by atoms with van der Waals surface area (Å²) in [6, 6.07) is 15.3. The fourth-order valence-corrected chi connectivity index (χ4v) is 2.36. The van der Waals surface area contributed by atoms with Gasteiger partial charge in [-0.25, -0.2) is 0 Å². The third-order valence-corrected chi connectivity index (χ3v) is 3.70. The van der Waals surface area contributed by atoms with Crippen molar-refractivity contribution in [1.82, 2.24) is 0 Å². The fraction of sp³-hybridized carbons (Fsp3) is 0.133. The van der Waals surface area contributed by atoms with Crippen LogP contribution in [-0.2, 0) is 4.79 Å². The molecule has 0 saturated heterocycles. The third-order valence-electron chi connectivity index (χ3n) is 2.61. The number of nitrogens with two attached hydrogens (primary N) is 1. The zero-order valence-electron chi connectivity index (χ0n) is 10.7. The Morgan fingerprint density at radius 3 is 2.53 bits per heavy atom. The van der Waals surface area contributed by atoms with Crippen molar-refractivity contribution in [3.8, 4) is 0 Å². The van der Waals surface area contributed by atoms with E-state index >= 15 is 0 Å². The van der Waals surface area contributed by atoms with Crippen molar-refractivity contribution in [2.45, 2.75) is 11.8 Å². The Kier molecular flexibility index (Phi) is 4.47. The number of thioether (sulfide) groups is 1. The van der Waals surface area contributed by atoms with Gasteiger partial charge in [0.05, 0.1) is 5.75 Å². The summed E-state index contributed by atoms with van der Waals surface area (Å²) in [6.45, 7) is 2.01. The van der Waals surface area contributed by atoms with E-state index in [1.54, 1.807) is 0 Å². The van der Waals surface area contributed by atoms with Crippen LogP contribution >= 0.6 is 11.8 Å². The second-order valence-corrected chi connectivity index (χ2v) is 5.26. The van der Waals surface area contributed by atoms with Gasteiger partial charge in [0, 0.05) is 16.3 Å². The number of nitrogens with one attached hydrogen (secondary N) is 1. The molecule has 2 rings (SSSR count). The molecule has 2 aromatic carbocycles. The molecule has 0 atom stereocenters. The van der Waals surface area contributed by atoms with Gasteiger partial charge < -0.3 is 11.1 Å². The summed E-state index contributed by atoms with van der Waals surface area (Å²) < 4.78 is 0. The van der Waals surface area contributed by atoms with Crippen LogP contribution in [0.2, 0.25) is 0 Å². The van der Waals surface area contributed by atoms with Crippen LogP contribution in [0.3, 0.4) is 0 Å². The molecule has 2 aromatic rings. The molecule has 0 radical (unpaired) electrons. The van der Waals surface area contributed by atoms with Gasteiger partial charge in [-0.05, 0) is 31.2 Å². The maximum Gasteiger partial charge on any atom is 0.234 e. The van der Waals surface area contributed by atoms with Gasteiger partial charge in [0.15, 0.2) is 0 Å². The lowest BCUT2D eigenvalue weighted by atomic mass is 10.2. The number of amides is 1. The fourth-order valence-electron chi connectivity index (χ4n) is 1.59. The van der Waals surface area contributed by atoms with E-state index < -0.39 is 0 Å². The Balaban J connectivity index is 1.88. The van der Waals surface area contributed by atoms with E-state index in [1.807, 2.05) is 55.5 Å². The number of carbonyl (C=O) groups is 1. The molecule has 3 N–H and O–H groups in total. The second-order valence-electron chi connectivity index (χ2n) is 4.24. The smallest absolute Gasteiger partial charge is 0.234 e. The topological polar surface area (TPSA) is 55.1 Å². The number of para-hydroxylation sites is 1. The molecule has 0 bridgehead atoms. The lowest BCUT2D eigenvalue weighted by Crippen LogP contribution is -2.14. The number of benzene rings is 2. The Labute approximate surface area is 117 Å². The minimum Gasteiger partial charge on any atom is -0.398 e. The number of carbonyl (C=O) groups excluding carboxylic acids is 1. The number of nitrogen functional groups attached to an aromatic ring is 1. The van der Waals surface area contributed by atoms with Crippen molar-refractivity contribution in [2.24, 2.45) is 0 Å². The summed E-state index contributed by atoms with van der Waals surface area (Å²) in [5.74, 6) is 0.319. The molecule has 1 amide bonds. The minimum absolute atomic E-state index is 0.0305. The summed E-state index contributed by atoms with van der Waals surface area (Å²) >= 11 is 1.44. The Morgan fingerprint density at radius 2 is 1.84 bits per heavy atom. The molecule has 0 heterocycles. The summed E-state index contributed by atoms with van der Waals surface area (Å²) in [6.07, 6.45) is 0. The van der Waals surface area contributed by atoms with Crippen LogP contribution in [0.4, 0.5) is 11.4 Å². The van der Waals surface area contributed by atoms with Crippen LogP contribution in [0.5, 0.6) is 0 Å². The predicted octanol–water partition coefficient (Wildman–Crippen LogP) is 3.31. The van der Waals surface area contributed by atoms with Crippen molar-refractivity contribution in [3.63, 3.8) is 0 Å². The number of rotatable bonds is 4. The Morgan fingerprint density at radius 1 is 1.16 bits per heavy atom. The van der Waals surface area contributed by atoms with E-state index in [0.717, 1.165) is 10.6 Å². The molecule has 0 saturated carbocycles. The molecule has 4 heteroatoms. The summed E-state index contributed by atoms with van der Waals surface area (Å²) in [5.41, 5.74) is 8.52. The summed E-state index contributed by atoms with van der Waals surface area (Å²) in [7, 11) is 0. The lowest BCUT2D eigenvalue weighted by molar-refractivity contribution is -0.113. The maximum absolute atomic E-state index is 11.8. The van der Waals surface area contributed by atoms with Crippen molar-refractivity contribution in [3.05, 3.63) is 54.1 Å². The highest BCUT2D eigenvalue weighted by Gasteiger charge is 2.05. The minimum atomic E-state index is -0.0305. The standard InChI is InChI=1S/C15H16N2OS/c1-11-6-8-12(9-7-11)17-15(18)10-19-14-5-3-2-4-13(14)16/h2-9H,10,16H2,1H3,(H,17,18). The molecule has 0 spiro atoms. The van der Waals surface area contributed by atoms with Gasteiger partial charge in [-0.2, -0.15) is 0 Å². The SMILES string of the molecule is Cc1ccc(NC(=O)CSc2ccccc2N)cc1. The van der Waals surface area contributed by atoms with Crippen LogP contribution < -0.4 is 11.1 Å². The van der Waals surface area contributed by atoms with E-state index in [4.69, 9.17) is 5.73 Å². The van der Waals surface area contributed by atoms with Gasteiger partial charge in [-0.3, -0.25) is 4.79 Å².